The first-order valence-corrected chi connectivity index (χ1v) is 11.9. The van der Waals surface area contributed by atoms with Crippen molar-refractivity contribution in [2.24, 2.45) is 0 Å². The maximum Gasteiger partial charge on any atom is 0.380 e. The largest absolute Gasteiger partial charge is 0.380 e. The fraction of sp³-hybridized carbons (Fsp3) is 0.292. The molecule has 0 saturated heterocycles. The summed E-state index contributed by atoms with van der Waals surface area (Å²) >= 11 is 2.20. The molecule has 0 N–H and O–H groups in total. The van der Waals surface area contributed by atoms with Crippen molar-refractivity contribution in [2.45, 2.75) is 41.9 Å². The molecule has 0 radical (unpaired) electrons. The van der Waals surface area contributed by atoms with E-state index < -0.39 is 40.0 Å². The van der Waals surface area contributed by atoms with Crippen LogP contribution in [0.2, 0.25) is 0 Å². The van der Waals surface area contributed by atoms with E-state index in [-0.39, 0.29) is 10.6 Å². The minimum Gasteiger partial charge on any atom is -0.236 e. The smallest absolute Gasteiger partial charge is 0.236 e. The van der Waals surface area contributed by atoms with Crippen molar-refractivity contribution in [1.82, 2.24) is 4.98 Å². The van der Waals surface area contributed by atoms with Gasteiger partial charge in [-0.1, -0.05) is 55.5 Å². The van der Waals surface area contributed by atoms with Gasteiger partial charge < -0.3 is 0 Å². The fourth-order valence-corrected chi connectivity index (χ4v) is 6.90. The number of rotatable bonds is 3. The van der Waals surface area contributed by atoms with Crippen LogP contribution >= 0.6 is 23.1 Å². The Labute approximate surface area is 194 Å². The Kier molecular flexibility index (Phi) is 4.86. The van der Waals surface area contributed by atoms with Gasteiger partial charge in [-0.05, 0) is 18.6 Å². The number of alkyl halides is 6. The molecule has 1 aliphatic carbocycles. The zero-order valence-corrected chi connectivity index (χ0v) is 19.1. The maximum absolute atomic E-state index is 15.3. The highest BCUT2D eigenvalue weighted by Crippen LogP contribution is 2.67. The average molecular weight is 498 g/mol. The Morgan fingerprint density at radius 3 is 2.18 bits per heavy atom. The Hall–Kier alpha value is -2.26. The van der Waals surface area contributed by atoms with Gasteiger partial charge in [0.05, 0.1) is 11.3 Å². The Morgan fingerprint density at radius 1 is 0.848 bits per heavy atom. The first-order valence-electron chi connectivity index (χ1n) is 10.1. The molecule has 0 fully saturated rings. The normalized spacial score (nSPS) is 24.8. The van der Waals surface area contributed by atoms with Crippen LogP contribution in [0.3, 0.4) is 0 Å². The summed E-state index contributed by atoms with van der Waals surface area (Å²) < 4.78 is 90.8. The van der Waals surface area contributed by atoms with Crippen molar-refractivity contribution >= 4 is 28.7 Å². The minimum atomic E-state index is -5.58. The molecule has 1 nitrogen and oxygen atoms in total. The summed E-state index contributed by atoms with van der Waals surface area (Å²) in [7, 11) is 0. The van der Waals surface area contributed by atoms with Crippen LogP contribution in [0.25, 0.3) is 16.1 Å². The number of aromatic nitrogens is 1. The second-order valence-electron chi connectivity index (χ2n) is 8.38. The standard InChI is InChI=1S/C24H17F6NS2/c1-13-18(31-20(33-13)14-8-4-3-5-9-14)17-19(23(27,28)24(29,30)22(17,25)26)21(2)12-32-16-11-7-6-10-15(16)21/h3-11H,12H2,1-2H3. The number of hydrogen-bond donors (Lipinski definition) is 0. The third-order valence-corrected chi connectivity index (χ3v) is 8.68. The number of thioether (sulfide) groups is 1. The second kappa shape index (κ2) is 7.12. The molecule has 5 rings (SSSR count). The van der Waals surface area contributed by atoms with Crippen molar-refractivity contribution in [3.05, 3.63) is 76.3 Å². The van der Waals surface area contributed by atoms with Crippen molar-refractivity contribution in [3.8, 4) is 10.6 Å². The number of thiazole rings is 1. The van der Waals surface area contributed by atoms with E-state index in [1.807, 2.05) is 0 Å². The highest BCUT2D eigenvalue weighted by atomic mass is 32.2. The first-order chi connectivity index (χ1) is 15.4. The van der Waals surface area contributed by atoms with Gasteiger partial charge in [-0.25, -0.2) is 4.98 Å². The number of halogens is 6. The molecule has 2 aliphatic rings. The minimum absolute atomic E-state index is 0.0539. The summed E-state index contributed by atoms with van der Waals surface area (Å²) in [4.78, 5) is 4.99. The predicted molar refractivity (Wildman–Crippen MR) is 119 cm³/mol. The number of benzene rings is 2. The Bertz CT molecular complexity index is 1280. The predicted octanol–water partition coefficient (Wildman–Crippen LogP) is 7.86. The SMILES string of the molecule is Cc1sc(-c2ccccc2)nc1C1=C(C2(C)CSc3ccccc32)C(F)(F)C(F)(F)C1(F)F. The molecule has 172 valence electrons. The lowest BCUT2D eigenvalue weighted by molar-refractivity contribution is -0.261. The monoisotopic (exact) mass is 497 g/mol. The van der Waals surface area contributed by atoms with Gasteiger partial charge in [0.25, 0.3) is 0 Å². The lowest BCUT2D eigenvalue weighted by Gasteiger charge is -2.32. The van der Waals surface area contributed by atoms with Crippen molar-refractivity contribution in [3.63, 3.8) is 0 Å². The van der Waals surface area contributed by atoms with Crippen LogP contribution in [0.4, 0.5) is 26.3 Å². The van der Waals surface area contributed by atoms with Crippen LogP contribution in [0, 0.1) is 6.92 Å². The van der Waals surface area contributed by atoms with Crippen molar-refractivity contribution < 1.29 is 26.3 Å². The Morgan fingerprint density at radius 2 is 1.48 bits per heavy atom. The topological polar surface area (TPSA) is 12.9 Å². The molecule has 0 saturated carbocycles. The molecular formula is C24H17F6NS2. The second-order valence-corrected chi connectivity index (χ2v) is 10.6. The van der Waals surface area contributed by atoms with Gasteiger partial charge in [-0.3, -0.25) is 0 Å². The lowest BCUT2D eigenvalue weighted by Crippen LogP contribution is -2.51. The van der Waals surface area contributed by atoms with Crippen molar-refractivity contribution in [1.29, 1.82) is 0 Å². The molecular weight excluding hydrogens is 480 g/mol. The van der Waals surface area contributed by atoms with Crippen LogP contribution in [0.15, 0.2) is 65.1 Å². The van der Waals surface area contributed by atoms with Gasteiger partial charge in [0, 0.05) is 32.1 Å². The van der Waals surface area contributed by atoms with E-state index in [0.29, 0.717) is 21.0 Å². The van der Waals surface area contributed by atoms with Gasteiger partial charge >= 0.3 is 17.8 Å². The van der Waals surface area contributed by atoms with Crippen LogP contribution in [0.1, 0.15) is 23.1 Å². The zero-order chi connectivity index (χ0) is 23.8. The summed E-state index contributed by atoms with van der Waals surface area (Å²) in [6.07, 6.45) is 0. The number of hydrogen-bond acceptors (Lipinski definition) is 3. The number of fused-ring (bicyclic) bond motifs is 1. The molecule has 1 aromatic heterocycles. The molecule has 2 aromatic carbocycles. The summed E-state index contributed by atoms with van der Waals surface area (Å²) in [5, 5.41) is 0.302. The fourth-order valence-electron chi connectivity index (χ4n) is 4.60. The number of nitrogens with zero attached hydrogens (tertiary/aromatic N) is 1. The van der Waals surface area contributed by atoms with Crippen LogP contribution in [0.5, 0.6) is 0 Å². The van der Waals surface area contributed by atoms with E-state index in [0.717, 1.165) is 11.3 Å². The van der Waals surface area contributed by atoms with Crippen LogP contribution in [-0.4, -0.2) is 28.5 Å². The third-order valence-electron chi connectivity index (χ3n) is 6.27. The molecule has 1 unspecified atom stereocenters. The molecule has 0 spiro atoms. The molecule has 1 aliphatic heterocycles. The van der Waals surface area contributed by atoms with Gasteiger partial charge in [-0.2, -0.15) is 26.3 Å². The quantitative estimate of drug-likeness (QED) is 0.342. The van der Waals surface area contributed by atoms with Gasteiger partial charge in [0.15, 0.2) is 0 Å². The van der Waals surface area contributed by atoms with E-state index >= 15 is 17.6 Å². The summed E-state index contributed by atoms with van der Waals surface area (Å²) in [5.74, 6) is -15.8. The van der Waals surface area contributed by atoms with E-state index in [4.69, 9.17) is 0 Å². The summed E-state index contributed by atoms with van der Waals surface area (Å²) in [6, 6.07) is 15.1. The number of aryl methyl sites for hydroxylation is 1. The lowest BCUT2D eigenvalue weighted by atomic mass is 9.74. The highest BCUT2D eigenvalue weighted by molar-refractivity contribution is 7.99. The maximum atomic E-state index is 15.3. The molecule has 0 amide bonds. The molecule has 2 heterocycles. The van der Waals surface area contributed by atoms with E-state index in [2.05, 4.69) is 4.98 Å². The molecule has 0 bridgehead atoms. The highest BCUT2D eigenvalue weighted by Gasteiger charge is 2.82. The van der Waals surface area contributed by atoms with E-state index in [9.17, 15) is 8.78 Å². The number of allylic oxidation sites excluding steroid dienone is 2. The summed E-state index contributed by atoms with van der Waals surface area (Å²) in [6.45, 7) is 2.78. The van der Waals surface area contributed by atoms with Gasteiger partial charge in [-0.15, -0.1) is 23.1 Å². The molecule has 3 aromatic rings. The molecule has 1 atom stereocenters. The third kappa shape index (κ3) is 2.91. The molecule has 9 heteroatoms. The first kappa shape index (κ1) is 22.5. The molecule has 33 heavy (non-hydrogen) atoms. The average Bonchev–Trinajstić information content (AvgIpc) is 3.35. The zero-order valence-electron chi connectivity index (χ0n) is 17.4. The van der Waals surface area contributed by atoms with Crippen LogP contribution < -0.4 is 0 Å². The van der Waals surface area contributed by atoms with Crippen molar-refractivity contribution in [2.75, 3.05) is 5.75 Å². The van der Waals surface area contributed by atoms with E-state index in [1.165, 1.54) is 31.7 Å². The Balaban J connectivity index is 1.82. The van der Waals surface area contributed by atoms with E-state index in [1.54, 1.807) is 48.5 Å². The summed E-state index contributed by atoms with van der Waals surface area (Å²) in [5.41, 5.74) is -3.87. The van der Waals surface area contributed by atoms with Gasteiger partial charge in [0.2, 0.25) is 0 Å². The van der Waals surface area contributed by atoms with Crippen LogP contribution in [-0.2, 0) is 5.41 Å². The van der Waals surface area contributed by atoms with Gasteiger partial charge in [0.1, 0.15) is 5.01 Å².